The number of rotatable bonds is 4. The molecule has 0 aliphatic carbocycles. The zero-order valence-corrected chi connectivity index (χ0v) is 12.1. The van der Waals surface area contributed by atoms with Gasteiger partial charge in [0.2, 0.25) is 0 Å². The van der Waals surface area contributed by atoms with Crippen LogP contribution in [0.3, 0.4) is 0 Å². The van der Waals surface area contributed by atoms with Crippen LogP contribution in [0.4, 0.5) is 0 Å². The topological polar surface area (TPSA) is 42.7 Å². The molecular weight excluding hydrogens is 236 g/mol. The molecule has 0 saturated carbocycles. The maximum absolute atomic E-state index is 4.63. The molecule has 0 saturated heterocycles. The molecule has 1 N–H and O–H groups in total. The molecule has 0 radical (unpaired) electrons. The molecule has 2 heterocycles. The minimum absolute atomic E-state index is 0.116. The van der Waals surface area contributed by atoms with Crippen LogP contribution in [0, 0.1) is 0 Å². The van der Waals surface area contributed by atoms with Crippen LogP contribution in [0.15, 0.2) is 30.9 Å². The predicted molar refractivity (Wildman–Crippen MR) is 77.3 cm³/mol. The summed E-state index contributed by atoms with van der Waals surface area (Å²) in [6.07, 6.45) is 6.41. The molecular formula is C15H22N4. The van der Waals surface area contributed by atoms with Gasteiger partial charge in [-0.3, -0.25) is 4.57 Å². The molecule has 0 atom stereocenters. The van der Waals surface area contributed by atoms with Crippen LogP contribution in [0.5, 0.6) is 0 Å². The van der Waals surface area contributed by atoms with Crippen LogP contribution < -0.4 is 5.32 Å². The Morgan fingerprint density at radius 3 is 2.63 bits per heavy atom. The fourth-order valence-corrected chi connectivity index (χ4v) is 1.81. The third-order valence-electron chi connectivity index (χ3n) is 2.88. The van der Waals surface area contributed by atoms with Crippen LogP contribution in [-0.4, -0.2) is 20.1 Å². The first kappa shape index (κ1) is 13.7. The zero-order chi connectivity index (χ0) is 13.9. The van der Waals surface area contributed by atoms with E-state index >= 15 is 0 Å². The Bertz CT molecular complexity index is 524. The van der Waals surface area contributed by atoms with Gasteiger partial charge in [-0.25, -0.2) is 9.97 Å². The summed E-state index contributed by atoms with van der Waals surface area (Å²) in [7, 11) is 0. The van der Waals surface area contributed by atoms with Gasteiger partial charge in [-0.2, -0.15) is 0 Å². The lowest BCUT2D eigenvalue weighted by atomic mass is 10.1. The summed E-state index contributed by atoms with van der Waals surface area (Å²) in [5, 5.41) is 3.51. The van der Waals surface area contributed by atoms with E-state index in [2.05, 4.69) is 55.1 Å². The number of nitrogens with zero attached hydrogens (tertiary/aromatic N) is 3. The summed E-state index contributed by atoms with van der Waals surface area (Å²) in [6, 6.07) is 4.28. The van der Waals surface area contributed by atoms with Crippen LogP contribution in [-0.2, 0) is 13.0 Å². The molecule has 0 fully saturated rings. The van der Waals surface area contributed by atoms with Gasteiger partial charge in [0.05, 0.1) is 0 Å². The highest BCUT2D eigenvalue weighted by Crippen LogP contribution is 2.12. The molecule has 0 aliphatic heterocycles. The molecule has 0 unspecified atom stereocenters. The van der Waals surface area contributed by atoms with Crippen molar-refractivity contribution < 1.29 is 0 Å². The van der Waals surface area contributed by atoms with E-state index in [1.807, 2.05) is 10.8 Å². The van der Waals surface area contributed by atoms with Crippen molar-refractivity contribution in [2.24, 2.45) is 0 Å². The van der Waals surface area contributed by atoms with Gasteiger partial charge in [0.15, 0.2) is 0 Å². The monoisotopic (exact) mass is 258 g/mol. The second-order valence-corrected chi connectivity index (χ2v) is 5.75. The van der Waals surface area contributed by atoms with Gasteiger partial charge in [-0.15, -0.1) is 0 Å². The van der Waals surface area contributed by atoms with E-state index in [0.717, 1.165) is 24.5 Å². The van der Waals surface area contributed by atoms with E-state index in [9.17, 15) is 0 Å². The van der Waals surface area contributed by atoms with E-state index in [1.165, 1.54) is 5.56 Å². The molecule has 0 spiro atoms. The van der Waals surface area contributed by atoms with Gasteiger partial charge in [-0.1, -0.05) is 6.92 Å². The first-order chi connectivity index (χ1) is 8.98. The van der Waals surface area contributed by atoms with Crippen LogP contribution in [0.1, 0.15) is 39.0 Å². The first-order valence-electron chi connectivity index (χ1n) is 6.71. The molecule has 0 bridgehead atoms. The number of aromatic nitrogens is 3. The highest BCUT2D eigenvalue weighted by molar-refractivity contribution is 5.31. The lowest BCUT2D eigenvalue weighted by Gasteiger charge is -2.21. The standard InChI is InChI=1S/C15H22N4/c1-5-13-8-12(10-17-15(2,3)4)9-14(18-13)19-7-6-16-11-19/h6-9,11,17H,5,10H2,1-4H3. The summed E-state index contributed by atoms with van der Waals surface area (Å²) < 4.78 is 1.94. The fourth-order valence-electron chi connectivity index (χ4n) is 1.81. The molecule has 19 heavy (non-hydrogen) atoms. The molecule has 2 aromatic heterocycles. The van der Waals surface area contributed by atoms with E-state index in [4.69, 9.17) is 0 Å². The number of imidazole rings is 1. The Balaban J connectivity index is 2.26. The van der Waals surface area contributed by atoms with Gasteiger partial charge in [0, 0.05) is 30.2 Å². The van der Waals surface area contributed by atoms with Crippen molar-refractivity contribution in [1.82, 2.24) is 19.9 Å². The maximum Gasteiger partial charge on any atom is 0.138 e. The summed E-state index contributed by atoms with van der Waals surface area (Å²) in [5.74, 6) is 0.933. The predicted octanol–water partition coefficient (Wildman–Crippen LogP) is 2.72. The molecule has 102 valence electrons. The highest BCUT2D eigenvalue weighted by atomic mass is 15.1. The second-order valence-electron chi connectivity index (χ2n) is 5.75. The molecule has 2 aromatic rings. The summed E-state index contributed by atoms with van der Waals surface area (Å²) in [5.41, 5.74) is 2.48. The summed E-state index contributed by atoms with van der Waals surface area (Å²) in [4.78, 5) is 8.71. The Kier molecular flexibility index (Phi) is 4.00. The average molecular weight is 258 g/mol. The van der Waals surface area contributed by atoms with E-state index in [-0.39, 0.29) is 5.54 Å². The Morgan fingerprint density at radius 2 is 2.05 bits per heavy atom. The lowest BCUT2D eigenvalue weighted by molar-refractivity contribution is 0.424. The number of hydrogen-bond acceptors (Lipinski definition) is 3. The van der Waals surface area contributed by atoms with E-state index < -0.39 is 0 Å². The SMILES string of the molecule is CCc1cc(CNC(C)(C)C)cc(-n2ccnc2)n1. The lowest BCUT2D eigenvalue weighted by Crippen LogP contribution is -2.35. The Hall–Kier alpha value is -1.68. The van der Waals surface area contributed by atoms with Crippen molar-refractivity contribution in [2.75, 3.05) is 0 Å². The molecule has 4 heteroatoms. The third kappa shape index (κ3) is 3.89. The minimum Gasteiger partial charge on any atom is -0.308 e. The van der Waals surface area contributed by atoms with Crippen molar-refractivity contribution in [3.05, 3.63) is 42.1 Å². The Labute approximate surface area is 114 Å². The van der Waals surface area contributed by atoms with Crippen molar-refractivity contribution >= 4 is 0 Å². The number of aryl methyl sites for hydroxylation is 1. The quantitative estimate of drug-likeness (QED) is 0.917. The number of pyridine rings is 1. The third-order valence-corrected chi connectivity index (χ3v) is 2.88. The molecule has 0 aromatic carbocycles. The van der Waals surface area contributed by atoms with Crippen LogP contribution in [0.2, 0.25) is 0 Å². The number of hydrogen-bond donors (Lipinski definition) is 1. The van der Waals surface area contributed by atoms with Crippen molar-refractivity contribution in [1.29, 1.82) is 0 Å². The van der Waals surface area contributed by atoms with Gasteiger partial charge < -0.3 is 5.32 Å². The second kappa shape index (κ2) is 5.53. The fraction of sp³-hybridized carbons (Fsp3) is 0.467. The highest BCUT2D eigenvalue weighted by Gasteiger charge is 2.10. The van der Waals surface area contributed by atoms with Gasteiger partial charge in [-0.05, 0) is 44.9 Å². The summed E-state index contributed by atoms with van der Waals surface area (Å²) >= 11 is 0. The largest absolute Gasteiger partial charge is 0.308 e. The van der Waals surface area contributed by atoms with Crippen molar-refractivity contribution in [3.63, 3.8) is 0 Å². The van der Waals surface area contributed by atoms with Crippen molar-refractivity contribution in [2.45, 2.75) is 46.2 Å². The normalized spacial score (nSPS) is 11.8. The van der Waals surface area contributed by atoms with Crippen molar-refractivity contribution in [3.8, 4) is 5.82 Å². The molecule has 0 amide bonds. The van der Waals surface area contributed by atoms with E-state index in [1.54, 1.807) is 12.5 Å². The number of nitrogens with one attached hydrogen (secondary N) is 1. The Morgan fingerprint density at radius 1 is 1.26 bits per heavy atom. The summed E-state index contributed by atoms with van der Waals surface area (Å²) in [6.45, 7) is 9.49. The molecule has 4 nitrogen and oxygen atoms in total. The van der Waals surface area contributed by atoms with E-state index in [0.29, 0.717) is 0 Å². The van der Waals surface area contributed by atoms with Gasteiger partial charge in [0.25, 0.3) is 0 Å². The average Bonchev–Trinajstić information content (AvgIpc) is 2.89. The van der Waals surface area contributed by atoms with Crippen LogP contribution >= 0.6 is 0 Å². The maximum atomic E-state index is 4.63. The molecule has 0 aliphatic rings. The minimum atomic E-state index is 0.116. The smallest absolute Gasteiger partial charge is 0.138 e. The molecule has 2 rings (SSSR count). The zero-order valence-electron chi connectivity index (χ0n) is 12.1. The first-order valence-corrected chi connectivity index (χ1v) is 6.71. The van der Waals surface area contributed by atoms with Crippen LogP contribution in [0.25, 0.3) is 5.82 Å². The van der Waals surface area contributed by atoms with Gasteiger partial charge in [0.1, 0.15) is 12.1 Å². The van der Waals surface area contributed by atoms with Gasteiger partial charge >= 0.3 is 0 Å².